The van der Waals surface area contributed by atoms with Gasteiger partial charge in [-0.2, -0.15) is 4.98 Å². The third-order valence-electron chi connectivity index (χ3n) is 3.00. The molecule has 8 heteroatoms. The highest BCUT2D eigenvalue weighted by Crippen LogP contribution is 2.20. The molecule has 0 saturated carbocycles. The molecule has 1 aromatic heterocycles. The number of nitrogens with one attached hydrogen (secondary N) is 2. The quantitative estimate of drug-likeness (QED) is 0.413. The van der Waals surface area contributed by atoms with Crippen LogP contribution >= 0.6 is 24.0 Å². The van der Waals surface area contributed by atoms with E-state index >= 15 is 0 Å². The van der Waals surface area contributed by atoms with Crippen LogP contribution in [-0.4, -0.2) is 42.4 Å². The maximum atomic E-state index is 5.52. The van der Waals surface area contributed by atoms with Gasteiger partial charge in [-0.25, -0.2) is 4.99 Å². The Kier molecular flexibility index (Phi) is 9.58. The Labute approximate surface area is 149 Å². The smallest absolute Gasteiger partial charge is 0.223 e. The summed E-state index contributed by atoms with van der Waals surface area (Å²) in [5.74, 6) is 1.83. The van der Waals surface area contributed by atoms with Crippen molar-refractivity contribution in [3.8, 4) is 0 Å². The third-order valence-corrected chi connectivity index (χ3v) is 3.00. The van der Waals surface area contributed by atoms with Gasteiger partial charge in [0, 0.05) is 27.1 Å². The third kappa shape index (κ3) is 7.39. The minimum absolute atomic E-state index is 0. The Hall–Kier alpha value is -0.900. The summed E-state index contributed by atoms with van der Waals surface area (Å²) in [6, 6.07) is 0. The number of hydrogen-bond donors (Lipinski definition) is 2. The summed E-state index contributed by atoms with van der Waals surface area (Å²) < 4.78 is 10.5. The van der Waals surface area contributed by atoms with Gasteiger partial charge in [0.05, 0.1) is 6.10 Å². The van der Waals surface area contributed by atoms with Crippen LogP contribution < -0.4 is 10.6 Å². The molecule has 0 aliphatic heterocycles. The first-order chi connectivity index (χ1) is 9.86. The summed E-state index contributed by atoms with van der Waals surface area (Å²) >= 11 is 0. The highest BCUT2D eigenvalue weighted by Gasteiger charge is 2.24. The Morgan fingerprint density at radius 3 is 2.50 bits per heavy atom. The lowest BCUT2D eigenvalue weighted by atomic mass is 9.89. The minimum atomic E-state index is 0. The highest BCUT2D eigenvalue weighted by molar-refractivity contribution is 14.0. The van der Waals surface area contributed by atoms with Crippen LogP contribution in [0.3, 0.4) is 0 Å². The van der Waals surface area contributed by atoms with Crippen molar-refractivity contribution in [3.63, 3.8) is 0 Å². The number of methoxy groups -OCH3 is 1. The van der Waals surface area contributed by atoms with Crippen molar-refractivity contribution < 1.29 is 9.26 Å². The van der Waals surface area contributed by atoms with E-state index in [4.69, 9.17) is 9.26 Å². The topological polar surface area (TPSA) is 84.6 Å². The summed E-state index contributed by atoms with van der Waals surface area (Å²) in [7, 11) is 1.73. The molecule has 1 atom stereocenters. The molecule has 0 aliphatic carbocycles. The van der Waals surface area contributed by atoms with Crippen LogP contribution in [0.25, 0.3) is 0 Å². The maximum Gasteiger partial charge on any atom is 0.223 e. The number of nitrogens with zero attached hydrogens (tertiary/aromatic N) is 3. The Morgan fingerprint density at radius 2 is 2.05 bits per heavy atom. The zero-order valence-electron chi connectivity index (χ0n) is 14.3. The second-order valence-electron chi connectivity index (χ2n) is 5.90. The molecule has 7 nitrogen and oxygen atoms in total. The molecule has 1 rings (SSSR count). The number of rotatable bonds is 6. The fraction of sp³-hybridized carbons (Fsp3) is 0.786. The Balaban J connectivity index is 0.00000441. The predicted molar refractivity (Wildman–Crippen MR) is 97.5 cm³/mol. The molecule has 0 bridgehead atoms. The number of aromatic nitrogens is 2. The molecule has 0 fully saturated rings. The van der Waals surface area contributed by atoms with Crippen LogP contribution in [0.2, 0.25) is 0 Å². The van der Waals surface area contributed by atoms with Gasteiger partial charge in [-0.3, -0.25) is 0 Å². The van der Waals surface area contributed by atoms with Crippen LogP contribution in [-0.2, 0) is 11.3 Å². The van der Waals surface area contributed by atoms with E-state index in [1.54, 1.807) is 14.0 Å². The van der Waals surface area contributed by atoms with Gasteiger partial charge < -0.3 is 19.9 Å². The van der Waals surface area contributed by atoms with Gasteiger partial charge in [0.2, 0.25) is 5.89 Å². The van der Waals surface area contributed by atoms with E-state index in [-0.39, 0.29) is 35.5 Å². The van der Waals surface area contributed by atoms with Gasteiger partial charge in [0.15, 0.2) is 11.8 Å². The van der Waals surface area contributed by atoms with E-state index < -0.39 is 0 Å². The van der Waals surface area contributed by atoms with Crippen molar-refractivity contribution in [3.05, 3.63) is 11.7 Å². The zero-order chi connectivity index (χ0) is 15.9. The Bertz CT molecular complexity index is 456. The average molecular weight is 425 g/mol. The van der Waals surface area contributed by atoms with Gasteiger partial charge in [-0.1, -0.05) is 25.9 Å². The molecule has 2 N–H and O–H groups in total. The molecule has 0 amide bonds. The molecule has 128 valence electrons. The van der Waals surface area contributed by atoms with Crippen molar-refractivity contribution in [1.82, 2.24) is 20.8 Å². The van der Waals surface area contributed by atoms with E-state index in [0.717, 1.165) is 6.54 Å². The summed E-state index contributed by atoms with van der Waals surface area (Å²) in [6.45, 7) is 12.1. The number of aliphatic imine (C=N–C) groups is 1. The Morgan fingerprint density at radius 1 is 1.36 bits per heavy atom. The second-order valence-corrected chi connectivity index (χ2v) is 5.90. The zero-order valence-corrected chi connectivity index (χ0v) is 16.6. The van der Waals surface area contributed by atoms with Crippen LogP contribution in [0, 0.1) is 12.3 Å². The van der Waals surface area contributed by atoms with Gasteiger partial charge >= 0.3 is 0 Å². The lowest BCUT2D eigenvalue weighted by molar-refractivity contribution is 0.0205. The fourth-order valence-electron chi connectivity index (χ4n) is 1.83. The van der Waals surface area contributed by atoms with Crippen LogP contribution in [0.15, 0.2) is 9.52 Å². The van der Waals surface area contributed by atoms with Crippen LogP contribution in [0.5, 0.6) is 0 Å². The fourth-order valence-corrected chi connectivity index (χ4v) is 1.83. The van der Waals surface area contributed by atoms with Crippen molar-refractivity contribution in [2.24, 2.45) is 10.4 Å². The molecule has 0 aliphatic rings. The number of halogens is 1. The maximum absolute atomic E-state index is 5.52. The van der Waals surface area contributed by atoms with Gasteiger partial charge in [-0.05, 0) is 12.3 Å². The summed E-state index contributed by atoms with van der Waals surface area (Å²) in [5.41, 5.74) is 0.0594. The molecule has 0 saturated heterocycles. The van der Waals surface area contributed by atoms with Crippen molar-refractivity contribution in [2.45, 2.75) is 47.3 Å². The molecule has 0 radical (unpaired) electrons. The second kappa shape index (κ2) is 9.98. The van der Waals surface area contributed by atoms with E-state index in [9.17, 15) is 0 Å². The molecule has 0 spiro atoms. The molecule has 22 heavy (non-hydrogen) atoms. The van der Waals surface area contributed by atoms with Crippen molar-refractivity contribution in [2.75, 3.05) is 20.2 Å². The average Bonchev–Trinajstić information content (AvgIpc) is 2.80. The SMILES string of the molecule is CCNC(=NCc1noc(C)n1)NCC(OC)C(C)(C)C.I. The van der Waals surface area contributed by atoms with Gasteiger partial charge in [0.1, 0.15) is 6.54 Å². The minimum Gasteiger partial charge on any atom is -0.379 e. The number of aryl methyl sites for hydroxylation is 1. The van der Waals surface area contributed by atoms with Gasteiger partial charge in [0.25, 0.3) is 0 Å². The summed E-state index contributed by atoms with van der Waals surface area (Å²) in [5, 5.41) is 10.3. The number of guanidine groups is 1. The van der Waals surface area contributed by atoms with Gasteiger partial charge in [-0.15, -0.1) is 24.0 Å². The van der Waals surface area contributed by atoms with Crippen molar-refractivity contribution in [1.29, 1.82) is 0 Å². The number of hydrogen-bond acceptors (Lipinski definition) is 5. The number of ether oxygens (including phenoxy) is 1. The summed E-state index contributed by atoms with van der Waals surface area (Å²) in [6.07, 6.45) is 0.0915. The largest absolute Gasteiger partial charge is 0.379 e. The van der Waals surface area contributed by atoms with E-state index in [2.05, 4.69) is 46.5 Å². The standard InChI is InChI=1S/C14H27N5O2.HI/c1-7-15-13(16-8-11(20-6)14(3,4)5)17-9-12-18-10(2)21-19-12;/h11H,7-9H2,1-6H3,(H2,15,16,17);1H. The van der Waals surface area contributed by atoms with Crippen LogP contribution in [0.1, 0.15) is 39.4 Å². The summed E-state index contributed by atoms with van der Waals surface area (Å²) in [4.78, 5) is 8.57. The molecular weight excluding hydrogens is 397 g/mol. The molecule has 1 unspecified atom stereocenters. The van der Waals surface area contributed by atoms with Crippen LogP contribution in [0.4, 0.5) is 0 Å². The lowest BCUT2D eigenvalue weighted by Crippen LogP contribution is -2.45. The predicted octanol–water partition coefficient (Wildman–Crippen LogP) is 2.11. The first-order valence-corrected chi connectivity index (χ1v) is 7.21. The van der Waals surface area contributed by atoms with E-state index in [1.807, 2.05) is 6.92 Å². The molecule has 1 heterocycles. The normalized spacial score (nSPS) is 13.5. The van der Waals surface area contributed by atoms with E-state index in [1.165, 1.54) is 0 Å². The first-order valence-electron chi connectivity index (χ1n) is 7.21. The molecule has 1 aromatic rings. The highest BCUT2D eigenvalue weighted by atomic mass is 127. The van der Waals surface area contributed by atoms with E-state index in [0.29, 0.717) is 30.8 Å². The lowest BCUT2D eigenvalue weighted by Gasteiger charge is -2.30. The first kappa shape index (κ1) is 21.1. The van der Waals surface area contributed by atoms with Crippen molar-refractivity contribution >= 4 is 29.9 Å². The molecular formula is C14H28IN5O2. The monoisotopic (exact) mass is 425 g/mol. The molecule has 0 aromatic carbocycles.